The van der Waals surface area contributed by atoms with Crippen molar-refractivity contribution in [1.82, 2.24) is 24.9 Å². The third-order valence-corrected chi connectivity index (χ3v) is 19.6. The fraction of sp³-hybridized carbons (Fsp3) is 0.561. The van der Waals surface area contributed by atoms with Gasteiger partial charge in [-0.3, -0.25) is 19.2 Å². The number of aromatic nitrogens is 5. The molecule has 0 N–H and O–H groups in total. The van der Waals surface area contributed by atoms with Gasteiger partial charge in [-0.05, 0) is 212 Å². The average Bonchev–Trinajstić information content (AvgIpc) is 0.891. The highest BCUT2D eigenvalue weighted by Gasteiger charge is 2.31. The highest BCUT2D eigenvalue weighted by molar-refractivity contribution is 5.91. The van der Waals surface area contributed by atoms with Crippen molar-refractivity contribution in [3.63, 3.8) is 0 Å². The van der Waals surface area contributed by atoms with Crippen LogP contribution in [0.2, 0.25) is 0 Å². The molecule has 105 heavy (non-hydrogen) atoms. The Kier molecular flexibility index (Phi) is 39.5. The Bertz CT molecular complexity index is 3400. The van der Waals surface area contributed by atoms with Crippen LogP contribution in [-0.4, -0.2) is 68.0 Å². The number of rotatable bonds is 29. The van der Waals surface area contributed by atoms with Gasteiger partial charge in [-0.1, -0.05) is 125 Å². The first kappa shape index (κ1) is 85.4. The highest BCUT2D eigenvalue weighted by Crippen LogP contribution is 2.37. The summed E-state index contributed by atoms with van der Waals surface area (Å²) in [6, 6.07) is 19.7. The molecule has 5 heterocycles. The van der Waals surface area contributed by atoms with E-state index in [4.69, 9.17) is 28.4 Å². The average molecular weight is 1470 g/mol. The molecule has 0 spiro atoms. The second kappa shape index (κ2) is 48.6. The maximum atomic E-state index is 12.7. The van der Waals surface area contributed by atoms with Gasteiger partial charge in [0, 0.05) is 6.07 Å². The van der Waals surface area contributed by atoms with Gasteiger partial charge in [0.2, 0.25) is 29.7 Å². The van der Waals surface area contributed by atoms with Crippen LogP contribution in [0.1, 0.15) is 244 Å². The number of halogens is 6. The quantitative estimate of drug-likeness (QED) is 0.0185. The number of benzene rings is 1. The van der Waals surface area contributed by atoms with E-state index in [1.807, 2.05) is 0 Å². The van der Waals surface area contributed by atoms with E-state index in [2.05, 4.69) is 64.3 Å². The number of unbranched alkanes of at least 4 members (excludes halogenated alkanes) is 7. The summed E-state index contributed by atoms with van der Waals surface area (Å²) >= 11 is 0. The predicted molar refractivity (Wildman–Crippen MR) is 387 cm³/mol. The van der Waals surface area contributed by atoms with E-state index in [9.17, 15) is 50.3 Å². The summed E-state index contributed by atoms with van der Waals surface area (Å²) in [4.78, 5) is 77.6. The Balaban J connectivity index is 0.000000207. The first-order valence-corrected chi connectivity index (χ1v) is 38.0. The minimum Gasteiger partial charge on any atom is -0.494 e. The van der Waals surface area contributed by atoms with Crippen LogP contribution in [0.4, 0.5) is 26.3 Å². The molecule has 0 bridgehead atoms. The lowest BCUT2D eigenvalue weighted by atomic mass is 9.80. The van der Waals surface area contributed by atoms with Crippen LogP contribution in [-0.2, 0) is 19.2 Å². The van der Waals surface area contributed by atoms with E-state index in [0.29, 0.717) is 40.9 Å². The lowest BCUT2D eigenvalue weighted by Gasteiger charge is -2.27. The van der Waals surface area contributed by atoms with Crippen molar-refractivity contribution in [2.45, 2.75) is 240 Å². The van der Waals surface area contributed by atoms with Gasteiger partial charge in [-0.25, -0.2) is 29.7 Å². The van der Waals surface area contributed by atoms with Crippen molar-refractivity contribution >= 4 is 29.8 Å². The van der Waals surface area contributed by atoms with Gasteiger partial charge in [0.15, 0.2) is 0 Å². The fourth-order valence-corrected chi connectivity index (χ4v) is 13.3. The smallest absolute Gasteiger partial charge is 0.388 e. The van der Waals surface area contributed by atoms with Crippen molar-refractivity contribution in [2.75, 3.05) is 6.61 Å². The third-order valence-electron chi connectivity index (χ3n) is 19.6. The molecule has 4 fully saturated rings. The number of nitrogens with zero attached hydrogens (tertiary/aromatic N) is 5. The van der Waals surface area contributed by atoms with E-state index in [-0.39, 0.29) is 59.2 Å². The van der Waals surface area contributed by atoms with E-state index >= 15 is 0 Å². The first-order chi connectivity index (χ1) is 50.8. The topological polar surface area (TPSA) is 214 Å². The Morgan fingerprint density at radius 2 is 0.686 bits per heavy atom. The number of pyridine rings is 5. The molecule has 6 aromatic rings. The molecule has 0 amide bonds. The zero-order valence-corrected chi connectivity index (χ0v) is 61.7. The Morgan fingerprint density at radius 1 is 0.352 bits per heavy atom. The first-order valence-electron chi connectivity index (χ1n) is 38.0. The Morgan fingerprint density at radius 3 is 1.03 bits per heavy atom. The largest absolute Gasteiger partial charge is 0.494 e. The molecule has 10 rings (SSSR count). The lowest BCUT2D eigenvalue weighted by Crippen LogP contribution is -2.25. The van der Waals surface area contributed by atoms with Gasteiger partial charge in [0.25, 0.3) is 0 Å². The molecule has 17 nitrogen and oxygen atoms in total. The summed E-state index contributed by atoms with van der Waals surface area (Å²) in [6.07, 6.45) is 40.6. The summed E-state index contributed by atoms with van der Waals surface area (Å²) < 4.78 is 111. The van der Waals surface area contributed by atoms with Crippen LogP contribution in [0.15, 0.2) is 116 Å². The molecule has 4 aliphatic rings. The van der Waals surface area contributed by atoms with Crippen LogP contribution < -0.4 is 33.2 Å². The normalized spacial score (nSPS) is 19.7. The van der Waals surface area contributed by atoms with E-state index in [1.165, 1.54) is 169 Å². The summed E-state index contributed by atoms with van der Waals surface area (Å²) in [5, 5.41) is 0. The van der Waals surface area contributed by atoms with Crippen LogP contribution in [0.3, 0.4) is 0 Å². The number of carbonyl (C=O) groups is 5. The molecule has 4 aliphatic carbocycles. The number of hydrogen-bond donors (Lipinski definition) is 0. The van der Waals surface area contributed by atoms with Gasteiger partial charge in [0.1, 0.15) is 34.5 Å². The molecule has 1 aromatic carbocycles. The van der Waals surface area contributed by atoms with Gasteiger partial charge in [-0.15, -0.1) is 0 Å². The second-order valence-electron chi connectivity index (χ2n) is 27.5. The molecule has 574 valence electrons. The molecule has 0 radical (unpaired) electrons. The Hall–Kier alpha value is -8.50. The van der Waals surface area contributed by atoms with Crippen molar-refractivity contribution < 1.29 is 83.5 Å². The fourth-order valence-electron chi connectivity index (χ4n) is 13.3. The van der Waals surface area contributed by atoms with Gasteiger partial charge in [-0.2, -0.15) is 26.3 Å². The van der Waals surface area contributed by atoms with Crippen LogP contribution in [0, 0.1) is 71.1 Å². The van der Waals surface area contributed by atoms with Gasteiger partial charge >= 0.3 is 36.5 Å². The molecule has 0 aliphatic heterocycles. The molecule has 23 heteroatoms. The summed E-state index contributed by atoms with van der Waals surface area (Å²) in [7, 11) is 0. The number of alkyl halides is 2. The lowest BCUT2D eigenvalue weighted by molar-refractivity contribution is -0.141. The number of carbonyl (C=O) groups excluding carboxylic acids is 5. The van der Waals surface area contributed by atoms with Crippen molar-refractivity contribution in [3.05, 3.63) is 145 Å². The summed E-state index contributed by atoms with van der Waals surface area (Å²) in [5.74, 6) is 1.19. The third kappa shape index (κ3) is 33.7. The van der Waals surface area contributed by atoms with Gasteiger partial charge < -0.3 is 33.2 Å². The van der Waals surface area contributed by atoms with Crippen LogP contribution in [0.25, 0.3) is 0 Å². The molecule has 4 saturated carbocycles. The van der Waals surface area contributed by atoms with Crippen molar-refractivity contribution in [1.29, 1.82) is 0 Å². The maximum absolute atomic E-state index is 12.7. The number of hydrogen-bond acceptors (Lipinski definition) is 17. The van der Waals surface area contributed by atoms with Crippen molar-refractivity contribution in [3.8, 4) is 40.4 Å². The second-order valence-corrected chi connectivity index (χ2v) is 27.5. The zero-order valence-electron chi connectivity index (χ0n) is 61.7. The molecule has 0 unspecified atom stereocenters. The highest BCUT2D eigenvalue weighted by atomic mass is 19.3. The molecule has 0 saturated heterocycles. The number of esters is 5. The zero-order chi connectivity index (χ0) is 75.6. The summed E-state index contributed by atoms with van der Waals surface area (Å²) in [6.45, 7) is 8.68. The maximum Gasteiger partial charge on any atom is 0.388 e. The summed E-state index contributed by atoms with van der Waals surface area (Å²) in [5.41, 5.74) is 0.346. The standard InChI is InChI=1S/C20H23F2NO4.C17H24FNO2.C16H22FNO2.C15H20FNO2.C14H18FNO2/c1-2-3-4-5-6-13-25-16-9-7-15(8-10-16)19(24)26-17-11-12-18(23-14-17)27-20(21)22;1-2-3-4-5-13-6-8-14(9-7-13)17(20)21-15-10-11-16(18)19-12-15;1-2-3-4-12-5-7-13(8-6-12)16(19)20-14-9-10-15(17)18-11-14;1-2-3-11-4-6-12(7-5-11)15(18)19-13-8-9-14(16)17-10-13;1-2-10-3-5-11(6-4-10)14(17)18-12-7-8-13(15)16-9-12/h7-12,14,20H,2-6,13H2,1H3;10-14H,2-9H2,1H3;9-13H,2-8H2,1H3;8-12H,2-7H2,1H3;7-11H,2-6H2,1H3. The Labute approximate surface area is 615 Å². The minimum absolute atomic E-state index is 0.0156. The van der Waals surface area contributed by atoms with Gasteiger partial charge in [0.05, 0.1) is 66.8 Å². The minimum atomic E-state index is -2.96. The molecular weight excluding hydrogens is 1360 g/mol. The van der Waals surface area contributed by atoms with E-state index in [1.54, 1.807) is 24.3 Å². The molecule has 5 aromatic heterocycles. The van der Waals surface area contributed by atoms with Crippen LogP contribution >= 0.6 is 0 Å². The SMILES string of the molecule is CCC1CCC(C(=O)Oc2ccc(F)nc2)CC1.CCCC1CCC(C(=O)Oc2ccc(F)nc2)CC1.CCCCC1CCC(C(=O)Oc2ccc(F)nc2)CC1.CCCCCC1CCC(C(=O)Oc2ccc(F)nc2)CC1.CCCCCCCOc1ccc(C(=O)Oc2ccc(OC(F)F)nc2)cc1. The van der Waals surface area contributed by atoms with Crippen LogP contribution in [0.5, 0.6) is 40.4 Å². The predicted octanol–water partition coefficient (Wildman–Crippen LogP) is 21.0. The molecule has 0 atom stereocenters. The van der Waals surface area contributed by atoms with E-state index < -0.39 is 36.4 Å². The van der Waals surface area contributed by atoms with E-state index in [0.717, 1.165) is 145 Å². The number of ether oxygens (including phenoxy) is 7. The molecular formula is C82H107F6N5O12. The van der Waals surface area contributed by atoms with Crippen molar-refractivity contribution in [2.24, 2.45) is 47.3 Å². The monoisotopic (exact) mass is 1470 g/mol.